The predicted octanol–water partition coefficient (Wildman–Crippen LogP) is -0.460. The molecular weight excluding hydrogens is 136 g/mol. The highest BCUT2D eigenvalue weighted by Crippen LogP contribution is 1.80. The zero-order valence-electron chi connectivity index (χ0n) is 5.80. The molecule has 57 valence electrons. The number of rotatable bonds is 2. The zero-order chi connectivity index (χ0) is 8.15. The predicted molar refractivity (Wildman–Crippen MR) is 33.1 cm³/mol. The molecule has 0 saturated carbocycles. The first-order chi connectivity index (χ1) is 4.57. The minimum atomic E-state index is -0.842. The Morgan fingerprint density at radius 2 is 2.10 bits per heavy atom. The third kappa shape index (κ3) is 2.91. The van der Waals surface area contributed by atoms with Crippen LogP contribution in [0.3, 0.4) is 0 Å². The van der Waals surface area contributed by atoms with Gasteiger partial charge in [0.2, 0.25) is 0 Å². The Bertz CT molecular complexity index is 146. The molecule has 1 atom stereocenters. The van der Waals surface area contributed by atoms with Gasteiger partial charge in [-0.05, 0) is 6.92 Å². The molecule has 0 fully saturated rings. The maximum atomic E-state index is 10.4. The molecule has 0 aromatic rings. The molecule has 0 spiro atoms. The summed E-state index contributed by atoms with van der Waals surface area (Å²) in [6.07, 6.45) is -0.701. The van der Waals surface area contributed by atoms with Gasteiger partial charge in [0.05, 0.1) is 7.11 Å². The van der Waals surface area contributed by atoms with E-state index in [9.17, 15) is 9.59 Å². The summed E-state index contributed by atoms with van der Waals surface area (Å²) >= 11 is 0. The quantitative estimate of drug-likeness (QED) is 0.571. The number of alkyl carbamates (subject to hydrolysis) is 1. The highest BCUT2D eigenvalue weighted by atomic mass is 16.5. The van der Waals surface area contributed by atoms with Gasteiger partial charge in [0.15, 0.2) is 0 Å². The van der Waals surface area contributed by atoms with Crippen molar-refractivity contribution < 1.29 is 14.3 Å². The molecule has 0 aromatic heterocycles. The summed E-state index contributed by atoms with van der Waals surface area (Å²) in [5.41, 5.74) is 6.54. The molecule has 2 N–H and O–H groups in total. The largest absolute Gasteiger partial charge is 0.453 e. The van der Waals surface area contributed by atoms with Crippen LogP contribution in [0.5, 0.6) is 0 Å². The lowest BCUT2D eigenvalue weighted by molar-refractivity contribution is -0.120. The maximum Gasteiger partial charge on any atom is 0.407 e. The topological polar surface area (TPSA) is 79.2 Å². The van der Waals surface area contributed by atoms with Crippen LogP contribution in [0.25, 0.3) is 0 Å². The van der Waals surface area contributed by atoms with Crippen molar-refractivity contribution in [3.05, 3.63) is 0 Å². The van der Waals surface area contributed by atoms with E-state index in [0.29, 0.717) is 0 Å². The number of carbonyl (C=O) groups is 2. The molecule has 0 saturated heterocycles. The van der Waals surface area contributed by atoms with Crippen molar-refractivity contribution in [2.24, 2.45) is 0 Å². The van der Waals surface area contributed by atoms with E-state index >= 15 is 0 Å². The number of amides is 2. The second kappa shape index (κ2) is 3.71. The van der Waals surface area contributed by atoms with Crippen LogP contribution in [0.2, 0.25) is 0 Å². The standard InChI is InChI=1S/C5H9N2O3/c1-3(4(6)8)7-5(9)10-2/h3,6H,1-2H3,(H,7,9). The van der Waals surface area contributed by atoms with Crippen LogP contribution < -0.4 is 11.1 Å². The smallest absolute Gasteiger partial charge is 0.407 e. The van der Waals surface area contributed by atoms with Crippen LogP contribution in [0.15, 0.2) is 0 Å². The summed E-state index contributed by atoms with van der Waals surface area (Å²) in [6.45, 7) is 1.41. The van der Waals surface area contributed by atoms with Crippen LogP contribution in [0, 0.1) is 0 Å². The van der Waals surface area contributed by atoms with E-state index < -0.39 is 18.0 Å². The van der Waals surface area contributed by atoms with Crippen molar-refractivity contribution in [2.75, 3.05) is 7.11 Å². The van der Waals surface area contributed by atoms with Gasteiger partial charge in [0.1, 0.15) is 6.04 Å². The SMILES string of the molecule is COC(=O)NC(C)C([NH])=O. The second-order valence-electron chi connectivity index (χ2n) is 1.72. The van der Waals surface area contributed by atoms with Gasteiger partial charge in [-0.1, -0.05) is 0 Å². The molecule has 1 unspecified atom stereocenters. The average molecular weight is 145 g/mol. The molecule has 0 aliphatic carbocycles. The summed E-state index contributed by atoms with van der Waals surface area (Å²) in [4.78, 5) is 20.5. The number of methoxy groups -OCH3 is 1. The molecule has 1 radical (unpaired) electrons. The Balaban J connectivity index is 3.68. The van der Waals surface area contributed by atoms with Gasteiger partial charge in [-0.25, -0.2) is 4.79 Å². The van der Waals surface area contributed by atoms with Crippen molar-refractivity contribution in [1.82, 2.24) is 11.1 Å². The molecule has 10 heavy (non-hydrogen) atoms. The Morgan fingerprint density at radius 3 is 2.40 bits per heavy atom. The van der Waals surface area contributed by atoms with E-state index in [1.807, 2.05) is 0 Å². The Kier molecular flexibility index (Phi) is 3.24. The molecule has 0 heterocycles. The normalized spacial score (nSPS) is 11.8. The first kappa shape index (κ1) is 8.74. The van der Waals surface area contributed by atoms with Crippen molar-refractivity contribution in [3.8, 4) is 0 Å². The summed E-state index contributed by atoms with van der Waals surface area (Å²) in [6, 6.07) is -0.799. The molecule has 0 rings (SSSR count). The third-order valence-corrected chi connectivity index (χ3v) is 0.913. The van der Waals surface area contributed by atoms with Crippen LogP contribution in [-0.2, 0) is 9.53 Å². The van der Waals surface area contributed by atoms with Gasteiger partial charge >= 0.3 is 6.09 Å². The summed E-state index contributed by atoms with van der Waals surface area (Å²) in [5, 5.41) is 2.13. The van der Waals surface area contributed by atoms with Gasteiger partial charge in [0, 0.05) is 0 Å². The minimum Gasteiger partial charge on any atom is -0.453 e. The van der Waals surface area contributed by atoms with Crippen LogP contribution in [-0.4, -0.2) is 25.2 Å². The molecule has 5 heteroatoms. The van der Waals surface area contributed by atoms with Gasteiger partial charge in [-0.2, -0.15) is 0 Å². The lowest BCUT2D eigenvalue weighted by Gasteiger charge is -2.06. The fourth-order valence-corrected chi connectivity index (χ4v) is 0.301. The average Bonchev–Trinajstić information content (AvgIpc) is 1.87. The number of carbonyl (C=O) groups excluding carboxylic acids is 2. The van der Waals surface area contributed by atoms with Crippen molar-refractivity contribution >= 4 is 12.0 Å². The van der Waals surface area contributed by atoms with Crippen molar-refractivity contribution in [1.29, 1.82) is 0 Å². The van der Waals surface area contributed by atoms with Gasteiger partial charge < -0.3 is 10.1 Å². The van der Waals surface area contributed by atoms with Gasteiger partial charge in [-0.3, -0.25) is 10.5 Å². The van der Waals surface area contributed by atoms with E-state index in [2.05, 4.69) is 10.1 Å². The van der Waals surface area contributed by atoms with Crippen molar-refractivity contribution in [3.63, 3.8) is 0 Å². The molecule has 0 aliphatic rings. The number of hydrogen-bond donors (Lipinski definition) is 1. The van der Waals surface area contributed by atoms with Crippen LogP contribution in [0.4, 0.5) is 4.79 Å². The van der Waals surface area contributed by atoms with E-state index in [1.54, 1.807) is 0 Å². The molecule has 0 aliphatic heterocycles. The maximum absolute atomic E-state index is 10.4. The molecule has 0 bridgehead atoms. The number of hydrogen-bond acceptors (Lipinski definition) is 3. The summed E-state index contributed by atoms with van der Waals surface area (Å²) < 4.78 is 4.19. The lowest BCUT2D eigenvalue weighted by atomic mass is 10.3. The van der Waals surface area contributed by atoms with E-state index in [0.717, 1.165) is 0 Å². The summed E-state index contributed by atoms with van der Waals surface area (Å²) in [7, 11) is 1.19. The molecular formula is C5H9N2O3. The van der Waals surface area contributed by atoms with Crippen molar-refractivity contribution in [2.45, 2.75) is 13.0 Å². The minimum absolute atomic E-state index is 0.701. The molecule has 0 aromatic carbocycles. The lowest BCUT2D eigenvalue weighted by Crippen LogP contribution is -2.38. The Labute approximate surface area is 58.5 Å². The Hall–Kier alpha value is -1.26. The van der Waals surface area contributed by atoms with Gasteiger partial charge in [0.25, 0.3) is 5.91 Å². The summed E-state index contributed by atoms with van der Waals surface area (Å²) in [5.74, 6) is -0.842. The number of ether oxygens (including phenoxy) is 1. The molecule has 2 amide bonds. The monoisotopic (exact) mass is 145 g/mol. The second-order valence-corrected chi connectivity index (χ2v) is 1.72. The van der Waals surface area contributed by atoms with Crippen LogP contribution in [0.1, 0.15) is 6.92 Å². The number of nitrogens with one attached hydrogen (secondary N) is 2. The van der Waals surface area contributed by atoms with Gasteiger partial charge in [-0.15, -0.1) is 0 Å². The fourth-order valence-electron chi connectivity index (χ4n) is 0.301. The fraction of sp³-hybridized carbons (Fsp3) is 0.600. The van der Waals surface area contributed by atoms with Crippen LogP contribution >= 0.6 is 0 Å². The molecule has 5 nitrogen and oxygen atoms in total. The first-order valence-corrected chi connectivity index (χ1v) is 2.68. The first-order valence-electron chi connectivity index (χ1n) is 2.68. The zero-order valence-corrected chi connectivity index (χ0v) is 5.80. The van der Waals surface area contributed by atoms with E-state index in [4.69, 9.17) is 5.73 Å². The third-order valence-electron chi connectivity index (χ3n) is 0.913. The van der Waals surface area contributed by atoms with E-state index in [-0.39, 0.29) is 0 Å². The Morgan fingerprint density at radius 1 is 1.60 bits per heavy atom. The van der Waals surface area contributed by atoms with E-state index in [1.165, 1.54) is 14.0 Å². The highest BCUT2D eigenvalue weighted by Gasteiger charge is 2.11. The highest BCUT2D eigenvalue weighted by molar-refractivity contribution is 5.83.